The number of nitrogens with zero attached hydrogens (tertiary/aromatic N) is 1. The van der Waals surface area contributed by atoms with Gasteiger partial charge < -0.3 is 23.8 Å². The van der Waals surface area contributed by atoms with Crippen molar-refractivity contribution in [2.75, 3.05) is 0 Å². The molecule has 1 saturated heterocycles. The molecule has 3 rings (SSSR count). The van der Waals surface area contributed by atoms with Gasteiger partial charge in [0.2, 0.25) is 0 Å². The molecule has 0 spiro atoms. The van der Waals surface area contributed by atoms with Crippen molar-refractivity contribution in [1.29, 1.82) is 0 Å². The molecule has 1 aromatic carbocycles. The zero-order valence-electron chi connectivity index (χ0n) is 12.8. The third-order valence-electron chi connectivity index (χ3n) is 4.50. The van der Waals surface area contributed by atoms with Gasteiger partial charge in [0.15, 0.2) is 0 Å². The Kier molecular flexibility index (Phi) is 3.13. The fraction of sp³-hybridized carbons (Fsp3) is 0.400. The molecule has 0 radical (unpaired) electrons. The number of hydrogen-bond donors (Lipinski definition) is 0. The Hall–Kier alpha value is -1.86. The Morgan fingerprint density at radius 1 is 1.23 bits per heavy atom. The highest BCUT2D eigenvalue weighted by Crippen LogP contribution is 2.37. The van der Waals surface area contributed by atoms with E-state index in [9.17, 15) is 14.3 Å². The van der Waals surface area contributed by atoms with Crippen LogP contribution in [-0.4, -0.2) is 29.0 Å². The number of carbonyl (C=O) groups is 1. The molecule has 7 heteroatoms. The summed E-state index contributed by atoms with van der Waals surface area (Å²) in [6.07, 6.45) is -0.0694. The Balaban J connectivity index is 2.15. The van der Waals surface area contributed by atoms with Crippen LogP contribution in [0, 0.1) is 5.82 Å². The topological polar surface area (TPSA) is 63.5 Å². The molecule has 2 heterocycles. The molecule has 0 atom stereocenters. The second-order valence-corrected chi connectivity index (χ2v) is 6.47. The number of benzene rings is 1. The fourth-order valence-electron chi connectivity index (χ4n) is 2.54. The van der Waals surface area contributed by atoms with Crippen LogP contribution in [0.25, 0.3) is 10.9 Å². The van der Waals surface area contributed by atoms with Gasteiger partial charge in [-0.15, -0.1) is 0 Å². The van der Waals surface area contributed by atoms with Crippen molar-refractivity contribution in [2.45, 2.75) is 38.9 Å². The number of hydrogen-bond acceptors (Lipinski definition) is 4. The molecule has 0 unspecified atom stereocenters. The van der Waals surface area contributed by atoms with E-state index in [1.807, 2.05) is 27.7 Å². The monoisotopic (exact) mass is 304 g/mol. The highest BCUT2D eigenvalue weighted by Gasteiger charge is 2.52. The first-order valence-corrected chi connectivity index (χ1v) is 7.00. The van der Waals surface area contributed by atoms with Crippen LogP contribution < -0.4 is 10.6 Å². The van der Waals surface area contributed by atoms with E-state index in [4.69, 9.17) is 9.31 Å². The van der Waals surface area contributed by atoms with Crippen LogP contribution in [0.5, 0.6) is 0 Å². The van der Waals surface area contributed by atoms with Crippen molar-refractivity contribution in [3.05, 3.63) is 30.2 Å². The average molecular weight is 304 g/mol. The number of carbonyl (C=O) groups excluding carboxylic acids is 1. The predicted molar refractivity (Wildman–Crippen MR) is 78.4 cm³/mol. The summed E-state index contributed by atoms with van der Waals surface area (Å²) in [6, 6.07) is 3.95. The number of carboxylic acid groups (broad SMARTS) is 1. The number of rotatable bonds is 1. The first-order valence-electron chi connectivity index (χ1n) is 7.00. The van der Waals surface area contributed by atoms with E-state index in [-0.39, 0.29) is 5.52 Å². The average Bonchev–Trinajstić information content (AvgIpc) is 2.84. The van der Waals surface area contributed by atoms with Crippen LogP contribution in [0.15, 0.2) is 24.4 Å². The summed E-state index contributed by atoms with van der Waals surface area (Å²) in [6.45, 7) is 7.63. The van der Waals surface area contributed by atoms with Crippen LogP contribution in [0.2, 0.25) is 0 Å². The molecule has 5 nitrogen and oxygen atoms in total. The lowest BCUT2D eigenvalue weighted by atomic mass is 9.79. The van der Waals surface area contributed by atoms with Gasteiger partial charge in [-0.3, -0.25) is 0 Å². The SMILES string of the molecule is CC1(C)OB(c2cn(C(=O)[O-])c3cc(F)ccc23)OC1(C)C. The van der Waals surface area contributed by atoms with E-state index in [1.165, 1.54) is 18.3 Å². The maximum absolute atomic E-state index is 13.4. The van der Waals surface area contributed by atoms with Crippen LogP contribution in [0.4, 0.5) is 9.18 Å². The van der Waals surface area contributed by atoms with Crippen molar-refractivity contribution in [1.82, 2.24) is 4.57 Å². The Bertz CT molecular complexity index is 752. The molecule has 1 aliphatic rings. The van der Waals surface area contributed by atoms with E-state index in [0.29, 0.717) is 10.8 Å². The summed E-state index contributed by atoms with van der Waals surface area (Å²) in [5.41, 5.74) is -0.344. The van der Waals surface area contributed by atoms with Gasteiger partial charge in [0.25, 0.3) is 0 Å². The van der Waals surface area contributed by atoms with Crippen molar-refractivity contribution >= 4 is 29.6 Å². The van der Waals surface area contributed by atoms with E-state index in [1.54, 1.807) is 0 Å². The van der Waals surface area contributed by atoms with Crippen LogP contribution in [0.3, 0.4) is 0 Å². The van der Waals surface area contributed by atoms with Gasteiger partial charge >= 0.3 is 7.12 Å². The number of fused-ring (bicyclic) bond motifs is 1. The fourth-order valence-corrected chi connectivity index (χ4v) is 2.54. The molecule has 1 fully saturated rings. The lowest BCUT2D eigenvalue weighted by molar-refractivity contribution is -0.249. The standard InChI is InChI=1S/C15H17BFNO4/c1-14(2)15(3,4)22-16(21-14)11-8-18(13(19)20)12-7-9(17)5-6-10(11)12/h5-8H,1-4H3,(H,19,20)/p-1. The molecule has 1 aliphatic heterocycles. The van der Waals surface area contributed by atoms with Gasteiger partial charge in [-0.1, -0.05) is 6.07 Å². The molecule has 116 valence electrons. The highest BCUT2D eigenvalue weighted by molar-refractivity contribution is 6.65. The maximum Gasteiger partial charge on any atom is 0.497 e. The first kappa shape index (κ1) is 15.1. The minimum Gasteiger partial charge on any atom is -0.529 e. The van der Waals surface area contributed by atoms with Crippen molar-refractivity contribution < 1.29 is 23.6 Å². The minimum absolute atomic E-state index is 0.213. The van der Waals surface area contributed by atoms with E-state index in [2.05, 4.69) is 0 Å². The molecule has 0 N–H and O–H groups in total. The van der Waals surface area contributed by atoms with Crippen LogP contribution >= 0.6 is 0 Å². The van der Waals surface area contributed by atoms with Gasteiger partial charge in [0, 0.05) is 11.7 Å². The second-order valence-electron chi connectivity index (χ2n) is 6.47. The Morgan fingerprint density at radius 3 is 2.36 bits per heavy atom. The van der Waals surface area contributed by atoms with Gasteiger partial charge in [0.05, 0.1) is 16.7 Å². The molecule has 1 aromatic heterocycles. The summed E-state index contributed by atoms with van der Waals surface area (Å²) in [4.78, 5) is 11.3. The zero-order valence-corrected chi connectivity index (χ0v) is 12.8. The van der Waals surface area contributed by atoms with Gasteiger partial charge in [-0.25, -0.2) is 4.39 Å². The molecule has 0 amide bonds. The highest BCUT2D eigenvalue weighted by atomic mass is 19.1. The second kappa shape index (κ2) is 4.57. The van der Waals surface area contributed by atoms with E-state index < -0.39 is 30.2 Å². The van der Waals surface area contributed by atoms with Crippen LogP contribution in [0.1, 0.15) is 27.7 Å². The van der Waals surface area contributed by atoms with Crippen molar-refractivity contribution in [2.24, 2.45) is 0 Å². The molecule has 2 aromatic rings. The third-order valence-corrected chi connectivity index (χ3v) is 4.50. The summed E-state index contributed by atoms with van der Waals surface area (Å²) in [7, 11) is -0.724. The van der Waals surface area contributed by atoms with Crippen molar-refractivity contribution in [3.8, 4) is 0 Å². The Morgan fingerprint density at radius 2 is 1.82 bits per heavy atom. The summed E-state index contributed by atoms with van der Waals surface area (Å²) in [5.74, 6) is -0.520. The summed E-state index contributed by atoms with van der Waals surface area (Å²) < 4.78 is 26.2. The van der Waals surface area contributed by atoms with Crippen molar-refractivity contribution in [3.63, 3.8) is 0 Å². The predicted octanol–water partition coefficient (Wildman–Crippen LogP) is 1.27. The van der Waals surface area contributed by atoms with Gasteiger partial charge in [-0.05, 0) is 45.2 Å². The molecular formula is C15H16BFNO4-. The lowest BCUT2D eigenvalue weighted by Crippen LogP contribution is -2.41. The molecule has 0 bridgehead atoms. The van der Waals surface area contributed by atoms with Crippen LogP contribution in [-0.2, 0) is 9.31 Å². The smallest absolute Gasteiger partial charge is 0.497 e. The quantitative estimate of drug-likeness (QED) is 0.744. The summed E-state index contributed by atoms with van der Waals surface area (Å²) >= 11 is 0. The zero-order chi connectivity index (χ0) is 16.3. The third kappa shape index (κ3) is 2.12. The molecular weight excluding hydrogens is 288 g/mol. The Labute approximate surface area is 127 Å². The molecule has 0 aliphatic carbocycles. The number of aromatic nitrogens is 1. The molecule has 0 saturated carbocycles. The minimum atomic E-state index is -1.43. The normalized spacial score (nSPS) is 19.8. The molecule has 22 heavy (non-hydrogen) atoms. The number of halogens is 1. The van der Waals surface area contributed by atoms with Gasteiger partial charge in [-0.2, -0.15) is 0 Å². The summed E-state index contributed by atoms with van der Waals surface area (Å²) in [5, 5.41) is 11.8. The van der Waals surface area contributed by atoms with E-state index in [0.717, 1.165) is 10.6 Å². The first-order chi connectivity index (χ1) is 10.1. The largest absolute Gasteiger partial charge is 0.529 e. The lowest BCUT2D eigenvalue weighted by Gasteiger charge is -2.32. The van der Waals surface area contributed by atoms with E-state index >= 15 is 0 Å². The maximum atomic E-state index is 13.4. The van der Waals surface area contributed by atoms with Gasteiger partial charge in [0.1, 0.15) is 11.9 Å².